The predicted molar refractivity (Wildman–Crippen MR) is 77.8 cm³/mol. The second-order valence-corrected chi connectivity index (χ2v) is 7.83. The summed E-state index contributed by atoms with van der Waals surface area (Å²) < 4.78 is 22.1. The van der Waals surface area contributed by atoms with E-state index in [4.69, 9.17) is 36.5 Å². The molecule has 130 valence electrons. The summed E-state index contributed by atoms with van der Waals surface area (Å²) in [4.78, 5) is 48.0. The molecule has 0 fully saturated rings. The first-order valence-electron chi connectivity index (χ1n) is 6.02. The van der Waals surface area contributed by atoms with Gasteiger partial charge in [0.25, 0.3) is 0 Å². The van der Waals surface area contributed by atoms with Gasteiger partial charge in [-0.1, -0.05) is 0 Å². The molecular formula is C8H21N5O7P2. The highest BCUT2D eigenvalue weighted by molar-refractivity contribution is 7.52. The minimum absolute atomic E-state index is 0.0182. The van der Waals surface area contributed by atoms with Gasteiger partial charge in [-0.25, -0.2) is 0 Å². The number of amides is 1. The fourth-order valence-corrected chi connectivity index (χ4v) is 3.44. The van der Waals surface area contributed by atoms with E-state index in [9.17, 15) is 13.9 Å². The van der Waals surface area contributed by atoms with Crippen molar-refractivity contribution in [3.63, 3.8) is 0 Å². The molecule has 22 heavy (non-hydrogen) atoms. The van der Waals surface area contributed by atoms with Crippen molar-refractivity contribution in [2.45, 2.75) is 18.9 Å². The van der Waals surface area contributed by atoms with Crippen LogP contribution < -0.4 is 16.8 Å². The molecule has 0 aromatic rings. The Morgan fingerprint density at radius 2 is 1.59 bits per heavy atom. The van der Waals surface area contributed by atoms with Gasteiger partial charge in [-0.2, -0.15) is 0 Å². The van der Waals surface area contributed by atoms with Crippen LogP contribution in [0.15, 0.2) is 0 Å². The minimum Gasteiger partial charge on any atom is -0.370 e. The van der Waals surface area contributed by atoms with Crippen molar-refractivity contribution in [2.75, 3.05) is 19.1 Å². The molecule has 1 atom stereocenters. The molecule has 12 nitrogen and oxygen atoms in total. The number of primary amides is 1. The third-order valence-corrected chi connectivity index (χ3v) is 3.93. The summed E-state index contributed by atoms with van der Waals surface area (Å²) in [5, 5.41) is 9.40. The summed E-state index contributed by atoms with van der Waals surface area (Å²) in [5.41, 5.74) is 10.2. The predicted octanol–water partition coefficient (Wildman–Crippen LogP) is -2.32. The monoisotopic (exact) mass is 361 g/mol. The van der Waals surface area contributed by atoms with Crippen LogP contribution in [0, 0.1) is 5.41 Å². The SMILES string of the molecule is N=C(N)NCCCC(C(N)=O)N(CP(=O)(O)O)CP(=O)(O)O. The Balaban J connectivity index is 4.97. The first-order valence-corrected chi connectivity index (χ1v) is 9.62. The van der Waals surface area contributed by atoms with E-state index in [1.165, 1.54) is 0 Å². The van der Waals surface area contributed by atoms with E-state index in [0.29, 0.717) is 4.90 Å². The maximum atomic E-state index is 11.4. The number of rotatable bonds is 10. The normalized spacial score (nSPS) is 13.9. The van der Waals surface area contributed by atoms with Crippen LogP contribution in [0.4, 0.5) is 0 Å². The Kier molecular flexibility index (Phi) is 8.19. The molecule has 0 heterocycles. The largest absolute Gasteiger partial charge is 0.370 e. The second-order valence-electron chi connectivity index (χ2n) is 4.60. The fraction of sp³-hybridized carbons (Fsp3) is 0.750. The van der Waals surface area contributed by atoms with Gasteiger partial charge >= 0.3 is 15.2 Å². The van der Waals surface area contributed by atoms with E-state index >= 15 is 0 Å². The highest BCUT2D eigenvalue weighted by Crippen LogP contribution is 2.42. The van der Waals surface area contributed by atoms with Crippen LogP contribution in [0.2, 0.25) is 0 Å². The molecule has 0 saturated heterocycles. The zero-order valence-electron chi connectivity index (χ0n) is 11.6. The molecule has 10 N–H and O–H groups in total. The Labute approximate surface area is 126 Å². The number of nitrogens with two attached hydrogens (primary N) is 2. The van der Waals surface area contributed by atoms with E-state index in [1.54, 1.807) is 0 Å². The minimum atomic E-state index is -4.65. The number of hydrogen-bond donors (Lipinski definition) is 8. The third-order valence-electron chi connectivity index (χ3n) is 2.47. The molecule has 0 aliphatic rings. The van der Waals surface area contributed by atoms with Crippen molar-refractivity contribution in [1.29, 1.82) is 5.41 Å². The molecule has 0 saturated carbocycles. The first kappa shape index (κ1) is 21.0. The van der Waals surface area contributed by atoms with Crippen LogP contribution in [0.1, 0.15) is 12.8 Å². The van der Waals surface area contributed by atoms with Crippen molar-refractivity contribution < 1.29 is 33.5 Å². The fourth-order valence-electron chi connectivity index (χ4n) is 1.74. The number of nitrogens with one attached hydrogen (secondary N) is 2. The van der Waals surface area contributed by atoms with Gasteiger partial charge in [0.2, 0.25) is 5.91 Å². The Morgan fingerprint density at radius 1 is 1.14 bits per heavy atom. The molecule has 0 radical (unpaired) electrons. The quantitative estimate of drug-likeness (QED) is 0.0896. The molecule has 14 heteroatoms. The summed E-state index contributed by atoms with van der Waals surface area (Å²) in [7, 11) is -9.30. The first-order chi connectivity index (χ1) is 9.82. The average molecular weight is 361 g/mol. The van der Waals surface area contributed by atoms with Crippen molar-refractivity contribution >= 4 is 27.1 Å². The number of hydrogen-bond acceptors (Lipinski definition) is 5. The van der Waals surface area contributed by atoms with Crippen LogP contribution in [-0.4, -0.2) is 61.5 Å². The summed E-state index contributed by atoms with van der Waals surface area (Å²) in [6, 6.07) is -1.27. The van der Waals surface area contributed by atoms with Gasteiger partial charge in [0.1, 0.15) is 12.6 Å². The van der Waals surface area contributed by atoms with Crippen molar-refractivity contribution in [3.05, 3.63) is 0 Å². The van der Waals surface area contributed by atoms with Gasteiger partial charge in [0.15, 0.2) is 5.96 Å². The molecule has 0 rings (SSSR count). The lowest BCUT2D eigenvalue weighted by Crippen LogP contribution is -2.46. The van der Waals surface area contributed by atoms with Gasteiger partial charge in [-0.15, -0.1) is 0 Å². The smallest absolute Gasteiger partial charge is 0.339 e. The maximum absolute atomic E-state index is 11.4. The summed E-state index contributed by atoms with van der Waals surface area (Å²) in [6.45, 7) is 0.193. The number of nitrogens with zero attached hydrogens (tertiary/aromatic N) is 1. The van der Waals surface area contributed by atoms with Crippen molar-refractivity contribution in [3.8, 4) is 0 Å². The van der Waals surface area contributed by atoms with Crippen LogP contribution in [0.3, 0.4) is 0 Å². The van der Waals surface area contributed by atoms with Gasteiger partial charge < -0.3 is 36.4 Å². The molecular weight excluding hydrogens is 340 g/mol. The van der Waals surface area contributed by atoms with Crippen LogP contribution in [0.5, 0.6) is 0 Å². The second kappa shape index (κ2) is 8.59. The van der Waals surface area contributed by atoms with E-state index < -0.39 is 39.7 Å². The van der Waals surface area contributed by atoms with Gasteiger partial charge in [-0.05, 0) is 12.8 Å². The summed E-state index contributed by atoms with van der Waals surface area (Å²) in [5.74, 6) is -1.26. The molecule has 0 aliphatic heterocycles. The van der Waals surface area contributed by atoms with Gasteiger partial charge in [0, 0.05) is 6.54 Å². The highest BCUT2D eigenvalue weighted by Gasteiger charge is 2.33. The summed E-state index contributed by atoms with van der Waals surface area (Å²) in [6.07, 6.45) is -1.79. The summed E-state index contributed by atoms with van der Waals surface area (Å²) >= 11 is 0. The van der Waals surface area contributed by atoms with E-state index in [1.807, 2.05) is 0 Å². The van der Waals surface area contributed by atoms with Crippen LogP contribution in [0.25, 0.3) is 0 Å². The Morgan fingerprint density at radius 3 is 1.91 bits per heavy atom. The zero-order chi connectivity index (χ0) is 17.6. The van der Waals surface area contributed by atoms with Gasteiger partial charge in [0.05, 0.1) is 6.04 Å². The van der Waals surface area contributed by atoms with E-state index in [2.05, 4.69) is 5.32 Å². The zero-order valence-corrected chi connectivity index (χ0v) is 13.4. The lowest BCUT2D eigenvalue weighted by atomic mass is 10.1. The average Bonchev–Trinajstić information content (AvgIpc) is 2.22. The van der Waals surface area contributed by atoms with E-state index in [0.717, 1.165) is 0 Å². The molecule has 0 bridgehead atoms. The lowest BCUT2D eigenvalue weighted by molar-refractivity contribution is -0.122. The molecule has 0 spiro atoms. The highest BCUT2D eigenvalue weighted by atomic mass is 31.2. The van der Waals surface area contributed by atoms with Gasteiger partial charge in [-0.3, -0.25) is 24.2 Å². The molecule has 1 unspecified atom stereocenters. The molecule has 1 amide bonds. The third kappa shape index (κ3) is 10.7. The number of guanidine groups is 1. The lowest BCUT2D eigenvalue weighted by Gasteiger charge is -2.29. The van der Waals surface area contributed by atoms with Crippen LogP contribution in [-0.2, 0) is 13.9 Å². The standard InChI is InChI=1S/C8H21N5O7P2/c9-7(14)6(2-1-3-12-8(10)11)13(4-21(15,16)17)5-22(18,19)20/h6H,1-5H2,(H2,9,14)(H4,10,11,12)(H2,15,16,17)(H2,18,19,20). The molecule has 0 aliphatic carbocycles. The van der Waals surface area contributed by atoms with E-state index in [-0.39, 0.29) is 25.3 Å². The Bertz CT molecular complexity index is 465. The molecule has 0 aromatic carbocycles. The number of carbonyl (C=O) groups excluding carboxylic acids is 1. The Hall–Kier alpha value is -1.00. The molecule has 0 aromatic heterocycles. The maximum Gasteiger partial charge on any atom is 0.339 e. The number of carbonyl (C=O) groups is 1. The van der Waals surface area contributed by atoms with Crippen molar-refractivity contribution in [1.82, 2.24) is 10.2 Å². The van der Waals surface area contributed by atoms with Crippen LogP contribution >= 0.6 is 15.2 Å². The topological polar surface area (TPSA) is 223 Å². The van der Waals surface area contributed by atoms with Crippen molar-refractivity contribution in [2.24, 2.45) is 11.5 Å².